The Morgan fingerprint density at radius 2 is 0.519 bits per heavy atom. The first kappa shape index (κ1) is 31.9. The van der Waals surface area contributed by atoms with Gasteiger partial charge in [-0.05, 0) is 46.5 Å². The Balaban J connectivity index is 1.53. The summed E-state index contributed by atoms with van der Waals surface area (Å²) in [5, 5.41) is 0. The largest absolute Gasteiger partial charge is 0.354 e. The molecule has 0 radical (unpaired) electrons. The molecule has 0 aliphatic carbocycles. The van der Waals surface area contributed by atoms with Crippen LogP contribution in [-0.4, -0.2) is 19.9 Å². The highest BCUT2D eigenvalue weighted by molar-refractivity contribution is 5.92. The number of hydrogen-bond acceptors (Lipinski definition) is 2. The summed E-state index contributed by atoms with van der Waals surface area (Å²) in [6, 6.07) is 51.9. The third kappa shape index (κ3) is 5.29. The van der Waals surface area contributed by atoms with Gasteiger partial charge in [-0.3, -0.25) is 9.97 Å². The van der Waals surface area contributed by atoms with Crippen molar-refractivity contribution in [2.45, 2.75) is 51.4 Å². The molecule has 4 nitrogen and oxygen atoms in total. The Hall–Kier alpha value is -6.00. The summed E-state index contributed by atoms with van der Waals surface area (Å²) in [6.07, 6.45) is 0. The van der Waals surface area contributed by atoms with Crippen LogP contribution < -0.4 is 0 Å². The molecule has 4 unspecified atom stereocenters. The Morgan fingerprint density at radius 3 is 0.731 bits per heavy atom. The Kier molecular flexibility index (Phi) is 7.96. The van der Waals surface area contributed by atoms with E-state index in [2.05, 4.69) is 183 Å². The number of H-pyrrole nitrogens is 2. The third-order valence-corrected chi connectivity index (χ3v) is 11.4. The zero-order valence-corrected chi connectivity index (χ0v) is 30.1. The molecular weight excluding hydrogens is 633 g/mol. The molecule has 0 saturated heterocycles. The van der Waals surface area contributed by atoms with E-state index in [0.717, 1.165) is 89.4 Å². The van der Waals surface area contributed by atoms with Crippen molar-refractivity contribution in [1.29, 1.82) is 0 Å². The van der Waals surface area contributed by atoms with Crippen molar-refractivity contribution < 1.29 is 0 Å². The molecule has 52 heavy (non-hydrogen) atoms. The maximum atomic E-state index is 5.66. The average Bonchev–Trinajstić information content (AvgIpc) is 3.98. The number of nitrogens with zero attached hydrogens (tertiary/aromatic N) is 2. The van der Waals surface area contributed by atoms with Crippen LogP contribution in [0, 0.1) is 0 Å². The molecule has 9 rings (SSSR count). The molecule has 0 saturated carbocycles. The second-order valence-corrected chi connectivity index (χ2v) is 14.5. The maximum Gasteiger partial charge on any atom is 0.0541 e. The molecule has 7 aromatic rings. The van der Waals surface area contributed by atoms with Crippen LogP contribution in [0.15, 0.2) is 146 Å². The molecule has 0 fully saturated rings. The summed E-state index contributed by atoms with van der Waals surface area (Å²) in [6.45, 7) is 9.32. The quantitative estimate of drug-likeness (QED) is 0.195. The van der Waals surface area contributed by atoms with Gasteiger partial charge in [0.25, 0.3) is 0 Å². The van der Waals surface area contributed by atoms with Crippen LogP contribution in [0.25, 0.3) is 66.6 Å². The van der Waals surface area contributed by atoms with Crippen molar-refractivity contribution in [2.24, 2.45) is 0 Å². The van der Waals surface area contributed by atoms with E-state index in [9.17, 15) is 0 Å². The normalized spacial score (nSPS) is 18.4. The standard InChI is InChI=1S/C48H42N4/c1-29-30(2)46-42(34-19-11-6-12-20-34)38-27-28-40(50-38)44(36-23-15-8-16-24-36)48-32(4)31(3)47(52-48)43(35-21-13-7-14-22-35)39-26-25-37(49-39)41(45(29)51-46)33-17-9-5-10-18-33/h5-32,49-50H,1-4H3. The summed E-state index contributed by atoms with van der Waals surface area (Å²) in [7, 11) is 0. The number of nitrogens with one attached hydrogen (secondary N) is 2. The minimum absolute atomic E-state index is 0.182. The number of aromatic nitrogens is 4. The van der Waals surface area contributed by atoms with Crippen molar-refractivity contribution in [3.8, 4) is 44.5 Å². The van der Waals surface area contributed by atoms with Gasteiger partial charge in [0.05, 0.1) is 22.8 Å². The number of fused-ring (bicyclic) bond motifs is 8. The van der Waals surface area contributed by atoms with Crippen LogP contribution in [0.1, 0.15) is 74.1 Å². The molecule has 5 heterocycles. The van der Waals surface area contributed by atoms with Crippen molar-refractivity contribution in [2.75, 3.05) is 0 Å². The lowest BCUT2D eigenvalue weighted by Gasteiger charge is -2.15. The lowest BCUT2D eigenvalue weighted by Crippen LogP contribution is -2.00. The number of hydrogen-bond donors (Lipinski definition) is 2. The van der Waals surface area contributed by atoms with E-state index in [1.807, 2.05) is 0 Å². The van der Waals surface area contributed by atoms with Crippen LogP contribution in [0.5, 0.6) is 0 Å². The summed E-state index contributed by atoms with van der Waals surface area (Å²) in [5.74, 6) is 0.728. The second-order valence-electron chi connectivity index (χ2n) is 14.5. The van der Waals surface area contributed by atoms with Gasteiger partial charge in [0, 0.05) is 68.0 Å². The van der Waals surface area contributed by atoms with Gasteiger partial charge in [0.2, 0.25) is 0 Å². The highest BCUT2D eigenvalue weighted by Crippen LogP contribution is 2.48. The predicted octanol–water partition coefficient (Wildman–Crippen LogP) is 12.8. The second kappa shape index (κ2) is 13.0. The van der Waals surface area contributed by atoms with Crippen LogP contribution in [0.4, 0.5) is 0 Å². The lowest BCUT2D eigenvalue weighted by atomic mass is 9.87. The Bertz CT molecular complexity index is 2210. The molecule has 2 aliphatic heterocycles. The van der Waals surface area contributed by atoms with Crippen molar-refractivity contribution in [1.82, 2.24) is 19.9 Å². The first-order chi connectivity index (χ1) is 25.5. The number of aromatic amines is 2. The van der Waals surface area contributed by atoms with Gasteiger partial charge in [-0.2, -0.15) is 0 Å². The Labute approximate surface area is 305 Å². The average molecular weight is 675 g/mol. The van der Waals surface area contributed by atoms with Crippen molar-refractivity contribution in [3.63, 3.8) is 0 Å². The van der Waals surface area contributed by atoms with Gasteiger partial charge < -0.3 is 9.97 Å². The minimum Gasteiger partial charge on any atom is -0.354 e. The fourth-order valence-corrected chi connectivity index (χ4v) is 8.31. The topological polar surface area (TPSA) is 57.4 Å². The first-order valence-electron chi connectivity index (χ1n) is 18.5. The van der Waals surface area contributed by atoms with E-state index in [1.54, 1.807) is 0 Å². The first-order valence-corrected chi connectivity index (χ1v) is 18.5. The van der Waals surface area contributed by atoms with Gasteiger partial charge in [0.15, 0.2) is 0 Å². The van der Waals surface area contributed by atoms with E-state index >= 15 is 0 Å². The fraction of sp³-hybridized carbons (Fsp3) is 0.167. The van der Waals surface area contributed by atoms with E-state index in [-0.39, 0.29) is 23.7 Å². The molecule has 3 aromatic heterocycles. The van der Waals surface area contributed by atoms with E-state index in [0.29, 0.717) is 0 Å². The zero-order valence-electron chi connectivity index (χ0n) is 30.1. The summed E-state index contributed by atoms with van der Waals surface area (Å²) in [4.78, 5) is 19.2. The summed E-state index contributed by atoms with van der Waals surface area (Å²) >= 11 is 0. The molecule has 4 atom stereocenters. The van der Waals surface area contributed by atoms with Crippen LogP contribution in [-0.2, 0) is 0 Å². The van der Waals surface area contributed by atoms with Gasteiger partial charge in [0.1, 0.15) is 0 Å². The minimum atomic E-state index is 0.182. The molecule has 8 bridgehead atoms. The van der Waals surface area contributed by atoms with E-state index in [4.69, 9.17) is 9.97 Å². The lowest BCUT2D eigenvalue weighted by molar-refractivity contribution is 0.657. The summed E-state index contributed by atoms with van der Waals surface area (Å²) in [5.41, 5.74) is 17.8. The summed E-state index contributed by atoms with van der Waals surface area (Å²) < 4.78 is 0. The Morgan fingerprint density at radius 1 is 0.308 bits per heavy atom. The zero-order chi connectivity index (χ0) is 35.3. The van der Waals surface area contributed by atoms with Gasteiger partial charge in [-0.15, -0.1) is 0 Å². The SMILES string of the molecule is CC1c2nc(c(-c3ccccc3)c3ccc([nH]3)c(-c3ccccc3)c3nc(c(-c4ccccc4)c4ccc([nH]4)c2-c2ccccc2)C(C)C3C)C1C. The van der Waals surface area contributed by atoms with Crippen LogP contribution in [0.2, 0.25) is 0 Å². The van der Waals surface area contributed by atoms with E-state index < -0.39 is 0 Å². The smallest absolute Gasteiger partial charge is 0.0541 e. The van der Waals surface area contributed by atoms with E-state index in [1.165, 1.54) is 0 Å². The highest BCUT2D eigenvalue weighted by Gasteiger charge is 2.33. The van der Waals surface area contributed by atoms with Crippen molar-refractivity contribution in [3.05, 3.63) is 168 Å². The van der Waals surface area contributed by atoms with Crippen LogP contribution in [0.3, 0.4) is 0 Å². The number of benzene rings is 4. The molecule has 0 amide bonds. The van der Waals surface area contributed by atoms with Crippen molar-refractivity contribution >= 4 is 22.1 Å². The highest BCUT2D eigenvalue weighted by atomic mass is 14.8. The molecule has 2 aliphatic rings. The van der Waals surface area contributed by atoms with Gasteiger partial charge in [-0.25, -0.2) is 0 Å². The predicted molar refractivity (Wildman–Crippen MR) is 216 cm³/mol. The monoisotopic (exact) mass is 674 g/mol. The fourth-order valence-electron chi connectivity index (χ4n) is 8.31. The molecule has 0 spiro atoms. The molecule has 254 valence electrons. The molecule has 4 heteroatoms. The molecular formula is C48H42N4. The number of rotatable bonds is 4. The van der Waals surface area contributed by atoms with Crippen LogP contribution >= 0.6 is 0 Å². The van der Waals surface area contributed by atoms with Gasteiger partial charge in [-0.1, -0.05) is 149 Å². The molecule has 4 aromatic carbocycles. The maximum absolute atomic E-state index is 5.66. The van der Waals surface area contributed by atoms with Gasteiger partial charge >= 0.3 is 0 Å². The third-order valence-electron chi connectivity index (χ3n) is 11.4. The molecule has 2 N–H and O–H groups in total.